The van der Waals surface area contributed by atoms with Gasteiger partial charge in [-0.3, -0.25) is 9.71 Å². The molecule has 2 rings (SSSR count). The molecule has 1 aromatic carbocycles. The molecule has 4 nitrogen and oxygen atoms in total. The normalized spacial score (nSPS) is 11.3. The van der Waals surface area contributed by atoms with E-state index in [0.717, 1.165) is 11.8 Å². The molecule has 1 N–H and O–H groups in total. The number of aromatic nitrogens is 1. The maximum atomic E-state index is 13.4. The molecule has 0 amide bonds. The summed E-state index contributed by atoms with van der Waals surface area (Å²) in [6.07, 6.45) is 2.26. The molecule has 0 saturated heterocycles. The monoisotopic (exact) mass is 344 g/mol. The highest BCUT2D eigenvalue weighted by Gasteiger charge is 2.19. The lowest BCUT2D eigenvalue weighted by Gasteiger charge is -2.10. The largest absolute Gasteiger partial charge is 0.277 e. The Bertz CT molecular complexity index is 719. The highest BCUT2D eigenvalue weighted by atomic mass is 79.9. The second-order valence-electron chi connectivity index (χ2n) is 3.89. The van der Waals surface area contributed by atoms with Crippen LogP contribution in [-0.4, -0.2) is 13.4 Å². The average molecular weight is 345 g/mol. The van der Waals surface area contributed by atoms with Crippen molar-refractivity contribution in [2.45, 2.75) is 11.8 Å². The van der Waals surface area contributed by atoms with Crippen LogP contribution in [0.5, 0.6) is 0 Å². The van der Waals surface area contributed by atoms with Crippen molar-refractivity contribution in [2.75, 3.05) is 4.72 Å². The Morgan fingerprint density at radius 3 is 2.74 bits per heavy atom. The van der Waals surface area contributed by atoms with E-state index < -0.39 is 15.8 Å². The van der Waals surface area contributed by atoms with Gasteiger partial charge in [0.05, 0.1) is 11.9 Å². The van der Waals surface area contributed by atoms with E-state index >= 15 is 0 Å². The van der Waals surface area contributed by atoms with Crippen molar-refractivity contribution in [3.63, 3.8) is 0 Å². The first-order valence-corrected chi connectivity index (χ1v) is 7.56. The second-order valence-corrected chi connectivity index (χ2v) is 6.40. The fourth-order valence-corrected chi connectivity index (χ4v) is 3.59. The molecule has 2 aromatic rings. The Kier molecular flexibility index (Phi) is 3.86. The highest BCUT2D eigenvalue weighted by molar-refractivity contribution is 9.10. The molecule has 0 bridgehead atoms. The summed E-state index contributed by atoms with van der Waals surface area (Å²) in [7, 11) is -3.85. The van der Waals surface area contributed by atoms with Crippen LogP contribution >= 0.6 is 15.9 Å². The molecular formula is C12H10BrFN2O2S. The fourth-order valence-electron chi connectivity index (χ4n) is 1.47. The molecule has 0 atom stereocenters. The molecule has 0 spiro atoms. The van der Waals surface area contributed by atoms with E-state index in [-0.39, 0.29) is 10.6 Å². The van der Waals surface area contributed by atoms with Crippen LogP contribution in [0.2, 0.25) is 0 Å². The number of halogens is 2. The smallest absolute Gasteiger partial charge is 0.263 e. The molecular weight excluding hydrogens is 335 g/mol. The van der Waals surface area contributed by atoms with Crippen molar-refractivity contribution < 1.29 is 12.8 Å². The summed E-state index contributed by atoms with van der Waals surface area (Å²) in [5.74, 6) is -0.727. The summed E-state index contributed by atoms with van der Waals surface area (Å²) in [6, 6.07) is 6.17. The van der Waals surface area contributed by atoms with Gasteiger partial charge in [-0.15, -0.1) is 0 Å². The Balaban J connectivity index is 2.44. The van der Waals surface area contributed by atoms with Gasteiger partial charge in [-0.05, 0) is 46.6 Å². The van der Waals surface area contributed by atoms with Gasteiger partial charge in [0.1, 0.15) is 4.90 Å². The number of nitrogens with zero attached hydrogens (tertiary/aromatic N) is 1. The first-order valence-electron chi connectivity index (χ1n) is 5.28. The van der Waals surface area contributed by atoms with Crippen LogP contribution in [0.1, 0.15) is 5.56 Å². The summed E-state index contributed by atoms with van der Waals surface area (Å²) < 4.78 is 40.4. The van der Waals surface area contributed by atoms with Crippen molar-refractivity contribution in [3.05, 3.63) is 52.5 Å². The second kappa shape index (κ2) is 5.26. The van der Waals surface area contributed by atoms with Crippen LogP contribution < -0.4 is 4.72 Å². The van der Waals surface area contributed by atoms with E-state index in [4.69, 9.17) is 0 Å². The van der Waals surface area contributed by atoms with Gasteiger partial charge >= 0.3 is 0 Å². The van der Waals surface area contributed by atoms with Gasteiger partial charge in [0, 0.05) is 10.7 Å². The lowest BCUT2D eigenvalue weighted by atomic mass is 10.2. The van der Waals surface area contributed by atoms with Crippen molar-refractivity contribution in [2.24, 2.45) is 0 Å². The van der Waals surface area contributed by atoms with Crippen LogP contribution in [0.4, 0.5) is 10.1 Å². The molecule has 0 saturated carbocycles. The molecule has 19 heavy (non-hydrogen) atoms. The standard InChI is InChI=1S/C12H10BrFN2O2S/c1-8-2-3-9(13)12(6-8)19(17,18)16-11-4-5-15-7-10(11)14/h2-7H,1H3,(H,15,16). The van der Waals surface area contributed by atoms with E-state index in [1.54, 1.807) is 19.1 Å². The van der Waals surface area contributed by atoms with E-state index in [1.165, 1.54) is 18.3 Å². The minimum Gasteiger partial charge on any atom is -0.277 e. The van der Waals surface area contributed by atoms with Crippen LogP contribution in [0, 0.1) is 12.7 Å². The van der Waals surface area contributed by atoms with E-state index in [0.29, 0.717) is 4.47 Å². The SMILES string of the molecule is Cc1ccc(Br)c(S(=O)(=O)Nc2ccncc2F)c1. The van der Waals surface area contributed by atoms with Gasteiger partial charge in [0.15, 0.2) is 5.82 Å². The van der Waals surface area contributed by atoms with Crippen molar-refractivity contribution in [1.29, 1.82) is 0 Å². The zero-order chi connectivity index (χ0) is 14.0. The first kappa shape index (κ1) is 14.0. The zero-order valence-electron chi connectivity index (χ0n) is 9.89. The number of hydrogen-bond acceptors (Lipinski definition) is 3. The third-order valence-electron chi connectivity index (χ3n) is 2.39. The number of nitrogens with one attached hydrogen (secondary N) is 1. The van der Waals surface area contributed by atoms with Crippen LogP contribution in [0.3, 0.4) is 0 Å². The first-order chi connectivity index (χ1) is 8.90. The Morgan fingerprint density at radius 1 is 1.32 bits per heavy atom. The number of rotatable bonds is 3. The zero-order valence-corrected chi connectivity index (χ0v) is 12.3. The highest BCUT2D eigenvalue weighted by Crippen LogP contribution is 2.25. The summed E-state index contributed by atoms with van der Waals surface area (Å²) in [5.41, 5.74) is 0.655. The van der Waals surface area contributed by atoms with E-state index in [9.17, 15) is 12.8 Å². The Hall–Kier alpha value is -1.47. The predicted octanol–water partition coefficient (Wildman–Crippen LogP) is 3.09. The minimum absolute atomic E-state index is 0.0590. The van der Waals surface area contributed by atoms with E-state index in [1.807, 2.05) is 0 Å². The number of aryl methyl sites for hydroxylation is 1. The summed E-state index contributed by atoms with van der Waals surface area (Å²) >= 11 is 3.17. The fraction of sp³-hybridized carbons (Fsp3) is 0.0833. The van der Waals surface area contributed by atoms with Gasteiger partial charge in [0.2, 0.25) is 0 Å². The average Bonchev–Trinajstić information content (AvgIpc) is 2.35. The number of anilines is 1. The molecule has 0 radical (unpaired) electrons. The van der Waals surface area contributed by atoms with Crippen LogP contribution in [0.15, 0.2) is 46.0 Å². The summed E-state index contributed by atoms with van der Waals surface area (Å²) in [4.78, 5) is 3.62. The lowest BCUT2D eigenvalue weighted by Crippen LogP contribution is -2.14. The lowest BCUT2D eigenvalue weighted by molar-refractivity contribution is 0.597. The van der Waals surface area contributed by atoms with Gasteiger partial charge in [-0.2, -0.15) is 0 Å². The Labute approximate surface area is 118 Å². The maximum absolute atomic E-state index is 13.4. The third-order valence-corrected chi connectivity index (χ3v) is 4.75. The number of pyridine rings is 1. The number of sulfonamides is 1. The summed E-state index contributed by atoms with van der Waals surface area (Å²) in [5, 5.41) is 0. The maximum Gasteiger partial charge on any atom is 0.263 e. The minimum atomic E-state index is -3.85. The topological polar surface area (TPSA) is 59.1 Å². The molecule has 7 heteroatoms. The summed E-state index contributed by atoms with van der Waals surface area (Å²) in [6.45, 7) is 1.78. The molecule has 0 aliphatic rings. The molecule has 100 valence electrons. The quantitative estimate of drug-likeness (QED) is 0.930. The van der Waals surface area contributed by atoms with Crippen molar-refractivity contribution >= 4 is 31.6 Å². The third kappa shape index (κ3) is 3.10. The molecule has 0 fully saturated rings. The van der Waals surface area contributed by atoms with Crippen molar-refractivity contribution in [3.8, 4) is 0 Å². The Morgan fingerprint density at radius 2 is 2.05 bits per heavy atom. The molecule has 1 aromatic heterocycles. The molecule has 0 unspecified atom stereocenters. The van der Waals surface area contributed by atoms with E-state index in [2.05, 4.69) is 25.6 Å². The number of hydrogen-bond donors (Lipinski definition) is 1. The molecule has 0 aliphatic heterocycles. The number of benzene rings is 1. The van der Waals surface area contributed by atoms with Crippen LogP contribution in [-0.2, 0) is 10.0 Å². The van der Waals surface area contributed by atoms with Gasteiger partial charge < -0.3 is 0 Å². The van der Waals surface area contributed by atoms with Crippen molar-refractivity contribution in [1.82, 2.24) is 4.98 Å². The van der Waals surface area contributed by atoms with Gasteiger partial charge in [0.25, 0.3) is 10.0 Å². The van der Waals surface area contributed by atoms with Crippen LogP contribution in [0.25, 0.3) is 0 Å². The molecule has 0 aliphatic carbocycles. The molecule has 1 heterocycles. The van der Waals surface area contributed by atoms with Gasteiger partial charge in [-0.1, -0.05) is 6.07 Å². The predicted molar refractivity (Wildman–Crippen MR) is 73.9 cm³/mol. The van der Waals surface area contributed by atoms with Gasteiger partial charge in [-0.25, -0.2) is 12.8 Å².